The van der Waals surface area contributed by atoms with Crippen LogP contribution in [-0.2, 0) is 6.42 Å². The lowest BCUT2D eigenvalue weighted by Crippen LogP contribution is -2.35. The monoisotopic (exact) mass is 398 g/mol. The summed E-state index contributed by atoms with van der Waals surface area (Å²) in [4.78, 5) is 27.6. The first kappa shape index (κ1) is 18.3. The number of hydrogen-bond acceptors (Lipinski definition) is 3. The second-order valence-corrected chi connectivity index (χ2v) is 7.41. The van der Waals surface area contributed by atoms with Crippen LogP contribution in [0.3, 0.4) is 0 Å². The Bertz CT molecular complexity index is 1050. The molecule has 0 radical (unpaired) electrons. The van der Waals surface area contributed by atoms with E-state index in [2.05, 4.69) is 5.32 Å². The number of benzene rings is 2. The Labute approximate surface area is 164 Å². The quantitative estimate of drug-likeness (QED) is 0.684. The summed E-state index contributed by atoms with van der Waals surface area (Å²) in [5.74, 6) is -2.70. The van der Waals surface area contributed by atoms with Crippen LogP contribution in [0.5, 0.6) is 0 Å². The maximum Gasteiger partial charge on any atom is 0.268 e. The molecule has 7 heteroatoms. The van der Waals surface area contributed by atoms with Gasteiger partial charge in [0.05, 0.1) is 4.88 Å². The maximum absolute atomic E-state index is 13.4. The van der Waals surface area contributed by atoms with E-state index in [1.807, 2.05) is 17.5 Å². The van der Waals surface area contributed by atoms with Crippen LogP contribution in [0.1, 0.15) is 32.0 Å². The number of rotatable bonds is 3. The number of anilines is 2. The summed E-state index contributed by atoms with van der Waals surface area (Å²) >= 11 is 1.39. The summed E-state index contributed by atoms with van der Waals surface area (Å²) in [5.41, 5.74) is 2.29. The summed E-state index contributed by atoms with van der Waals surface area (Å²) in [6, 6.07) is 12.0. The SMILES string of the molecule is O=C(Nc1ccc2c(c1)N(C(=O)c1cccs1)CCC2)c1ccc(F)c(F)c1. The highest BCUT2D eigenvalue weighted by molar-refractivity contribution is 7.12. The van der Waals surface area contributed by atoms with Crippen molar-refractivity contribution in [2.75, 3.05) is 16.8 Å². The molecule has 0 fully saturated rings. The topological polar surface area (TPSA) is 49.4 Å². The molecule has 0 saturated carbocycles. The molecule has 2 heterocycles. The largest absolute Gasteiger partial charge is 0.322 e. The molecule has 0 aliphatic carbocycles. The number of hydrogen-bond donors (Lipinski definition) is 1. The van der Waals surface area contributed by atoms with Crippen molar-refractivity contribution >= 4 is 34.5 Å². The molecule has 0 saturated heterocycles. The Hall–Kier alpha value is -3.06. The first-order valence-corrected chi connectivity index (χ1v) is 9.65. The van der Waals surface area contributed by atoms with Crippen LogP contribution in [0.15, 0.2) is 53.9 Å². The highest BCUT2D eigenvalue weighted by atomic mass is 32.1. The van der Waals surface area contributed by atoms with Crippen molar-refractivity contribution in [2.45, 2.75) is 12.8 Å². The zero-order valence-electron chi connectivity index (χ0n) is 14.7. The molecule has 0 unspecified atom stereocenters. The minimum absolute atomic E-state index is 0.0168. The summed E-state index contributed by atoms with van der Waals surface area (Å²) in [5, 5.41) is 4.54. The van der Waals surface area contributed by atoms with Crippen LogP contribution in [0.25, 0.3) is 0 Å². The summed E-state index contributed by atoms with van der Waals surface area (Å²) in [7, 11) is 0. The summed E-state index contributed by atoms with van der Waals surface area (Å²) in [6.07, 6.45) is 1.71. The van der Waals surface area contributed by atoms with E-state index in [0.717, 1.165) is 36.2 Å². The Morgan fingerprint density at radius 1 is 1.04 bits per heavy atom. The number of halogens is 2. The molecular weight excluding hydrogens is 382 g/mol. The van der Waals surface area contributed by atoms with E-state index in [1.165, 1.54) is 17.4 Å². The lowest BCUT2D eigenvalue weighted by atomic mass is 10.0. The van der Waals surface area contributed by atoms with Gasteiger partial charge >= 0.3 is 0 Å². The molecule has 4 nitrogen and oxygen atoms in total. The van der Waals surface area contributed by atoms with E-state index in [9.17, 15) is 18.4 Å². The molecule has 1 N–H and O–H groups in total. The molecule has 2 aromatic carbocycles. The second-order valence-electron chi connectivity index (χ2n) is 6.46. The van der Waals surface area contributed by atoms with Crippen molar-refractivity contribution in [1.82, 2.24) is 0 Å². The fourth-order valence-electron chi connectivity index (χ4n) is 3.24. The van der Waals surface area contributed by atoms with Gasteiger partial charge in [-0.25, -0.2) is 8.78 Å². The van der Waals surface area contributed by atoms with Crippen molar-refractivity contribution < 1.29 is 18.4 Å². The first-order chi connectivity index (χ1) is 13.5. The molecule has 1 aromatic heterocycles. The lowest BCUT2D eigenvalue weighted by molar-refractivity contribution is 0.0987. The van der Waals surface area contributed by atoms with Gasteiger partial charge in [-0.3, -0.25) is 9.59 Å². The van der Waals surface area contributed by atoms with E-state index in [0.29, 0.717) is 17.1 Å². The number of nitrogens with one attached hydrogen (secondary N) is 1. The van der Waals surface area contributed by atoms with E-state index in [4.69, 9.17) is 0 Å². The standard InChI is InChI=1S/C21H16F2N2O2S/c22-16-8-6-14(11-17(16)23)20(26)24-15-7-5-13-3-1-9-25(18(13)12-15)21(27)19-4-2-10-28-19/h2,4-8,10-12H,1,3,9H2,(H,24,26). The van der Waals surface area contributed by atoms with Gasteiger partial charge < -0.3 is 10.2 Å². The summed E-state index contributed by atoms with van der Waals surface area (Å²) < 4.78 is 26.4. The normalized spacial score (nSPS) is 13.1. The van der Waals surface area contributed by atoms with Crippen LogP contribution in [0, 0.1) is 11.6 Å². The number of amides is 2. The second kappa shape index (κ2) is 7.52. The summed E-state index contributed by atoms with van der Waals surface area (Å²) in [6.45, 7) is 0.601. The lowest BCUT2D eigenvalue weighted by Gasteiger charge is -2.29. The fraction of sp³-hybridized carbons (Fsp3) is 0.143. The van der Waals surface area contributed by atoms with E-state index >= 15 is 0 Å². The van der Waals surface area contributed by atoms with Crippen LogP contribution < -0.4 is 10.2 Å². The van der Waals surface area contributed by atoms with Gasteiger partial charge in [0.25, 0.3) is 11.8 Å². The molecule has 1 aliphatic rings. The molecule has 2 amide bonds. The first-order valence-electron chi connectivity index (χ1n) is 8.77. The molecule has 3 aromatic rings. The maximum atomic E-state index is 13.4. The smallest absolute Gasteiger partial charge is 0.268 e. The third kappa shape index (κ3) is 3.53. The van der Waals surface area contributed by atoms with E-state index in [1.54, 1.807) is 23.1 Å². The van der Waals surface area contributed by atoms with Crippen molar-refractivity contribution in [3.05, 3.63) is 81.5 Å². The Morgan fingerprint density at radius 3 is 2.64 bits per heavy atom. The van der Waals surface area contributed by atoms with Crippen LogP contribution in [0.4, 0.5) is 20.2 Å². The molecule has 4 rings (SSSR count). The molecule has 0 bridgehead atoms. The number of nitrogens with zero attached hydrogens (tertiary/aromatic N) is 1. The minimum Gasteiger partial charge on any atom is -0.322 e. The van der Waals surface area contributed by atoms with Crippen LogP contribution in [-0.4, -0.2) is 18.4 Å². The van der Waals surface area contributed by atoms with Crippen LogP contribution in [0.2, 0.25) is 0 Å². The average Bonchev–Trinajstić information content (AvgIpc) is 3.24. The molecule has 142 valence electrons. The number of fused-ring (bicyclic) bond motifs is 1. The van der Waals surface area contributed by atoms with Crippen molar-refractivity contribution in [2.24, 2.45) is 0 Å². The van der Waals surface area contributed by atoms with Gasteiger partial charge in [-0.1, -0.05) is 12.1 Å². The Balaban J connectivity index is 1.60. The Morgan fingerprint density at radius 2 is 1.89 bits per heavy atom. The predicted octanol–water partition coefficient (Wildman–Crippen LogP) is 4.87. The van der Waals surface area contributed by atoms with Gasteiger partial charge in [-0.2, -0.15) is 0 Å². The van der Waals surface area contributed by atoms with Gasteiger partial charge in [-0.05, 0) is 60.2 Å². The van der Waals surface area contributed by atoms with Gasteiger partial charge in [0, 0.05) is 23.5 Å². The molecule has 0 spiro atoms. The van der Waals surface area contributed by atoms with Gasteiger partial charge in [0.1, 0.15) is 0 Å². The number of carbonyl (C=O) groups is 2. The van der Waals surface area contributed by atoms with Gasteiger partial charge in [0.2, 0.25) is 0 Å². The molecule has 1 aliphatic heterocycles. The van der Waals surface area contributed by atoms with Crippen molar-refractivity contribution in [3.8, 4) is 0 Å². The number of aryl methyl sites for hydroxylation is 1. The number of thiophene rings is 1. The van der Waals surface area contributed by atoms with Crippen LogP contribution >= 0.6 is 11.3 Å². The molecular formula is C21H16F2N2O2S. The van der Waals surface area contributed by atoms with Crippen molar-refractivity contribution in [3.63, 3.8) is 0 Å². The number of carbonyl (C=O) groups excluding carboxylic acids is 2. The highest BCUT2D eigenvalue weighted by Gasteiger charge is 2.24. The van der Waals surface area contributed by atoms with Gasteiger partial charge in [0.15, 0.2) is 11.6 Å². The third-order valence-corrected chi connectivity index (χ3v) is 5.48. The molecule has 28 heavy (non-hydrogen) atoms. The van der Waals surface area contributed by atoms with Gasteiger partial charge in [-0.15, -0.1) is 11.3 Å². The van der Waals surface area contributed by atoms with E-state index < -0.39 is 17.5 Å². The highest BCUT2D eigenvalue weighted by Crippen LogP contribution is 2.32. The average molecular weight is 398 g/mol. The zero-order chi connectivity index (χ0) is 19.7. The fourth-order valence-corrected chi connectivity index (χ4v) is 3.91. The predicted molar refractivity (Wildman–Crippen MR) is 105 cm³/mol. The minimum atomic E-state index is -1.08. The molecule has 0 atom stereocenters. The Kier molecular flexibility index (Phi) is 4.92. The van der Waals surface area contributed by atoms with E-state index in [-0.39, 0.29) is 11.5 Å². The third-order valence-electron chi connectivity index (χ3n) is 4.62. The zero-order valence-corrected chi connectivity index (χ0v) is 15.6. The van der Waals surface area contributed by atoms with Crippen molar-refractivity contribution in [1.29, 1.82) is 0 Å².